The first-order valence-corrected chi connectivity index (χ1v) is 13.2. The van der Waals surface area contributed by atoms with E-state index in [2.05, 4.69) is 25.8 Å². The number of thiazole rings is 1. The number of ether oxygens (including phenoxy) is 1. The number of benzene rings is 1. The molecule has 0 aliphatic carbocycles. The van der Waals surface area contributed by atoms with Crippen LogP contribution in [-0.4, -0.2) is 52.4 Å². The van der Waals surface area contributed by atoms with Gasteiger partial charge in [0.05, 0.1) is 24.8 Å². The van der Waals surface area contributed by atoms with Crippen LogP contribution in [0.5, 0.6) is 0 Å². The molecular weight excluding hydrogens is 491 g/mol. The van der Waals surface area contributed by atoms with E-state index in [-0.39, 0.29) is 36.3 Å². The zero-order valence-electron chi connectivity index (χ0n) is 21.0. The molecule has 0 unspecified atom stereocenters. The lowest BCUT2D eigenvalue weighted by atomic mass is 9.95. The number of hydrogen-bond donors (Lipinski definition) is 1. The van der Waals surface area contributed by atoms with Crippen molar-refractivity contribution >= 4 is 17.2 Å². The maximum absolute atomic E-state index is 13.5. The van der Waals surface area contributed by atoms with Gasteiger partial charge in [0.2, 0.25) is 0 Å². The minimum atomic E-state index is -4.57. The molecule has 6 nitrogen and oxygen atoms in total. The monoisotopic (exact) mass is 525 g/mol. The molecule has 0 bridgehead atoms. The second kappa shape index (κ2) is 10.8. The number of aliphatic hydroxyl groups is 1. The third-order valence-corrected chi connectivity index (χ3v) is 8.28. The summed E-state index contributed by atoms with van der Waals surface area (Å²) in [5.74, 6) is -0.695. The Morgan fingerprint density at radius 1 is 1.22 bits per heavy atom. The zero-order valence-corrected chi connectivity index (χ0v) is 21.8. The van der Waals surface area contributed by atoms with Crippen molar-refractivity contribution in [1.82, 2.24) is 9.47 Å². The van der Waals surface area contributed by atoms with E-state index in [9.17, 15) is 23.1 Å². The molecule has 0 saturated carbocycles. The molecule has 2 saturated heterocycles. The predicted molar refractivity (Wildman–Crippen MR) is 132 cm³/mol. The first kappa shape index (κ1) is 27.0. The van der Waals surface area contributed by atoms with Crippen molar-refractivity contribution in [2.24, 2.45) is 4.99 Å². The number of nitrogens with zero attached hydrogens (tertiary/aromatic N) is 3. The van der Waals surface area contributed by atoms with Crippen LogP contribution in [-0.2, 0) is 29.4 Å². The lowest BCUT2D eigenvalue weighted by Gasteiger charge is -2.24. The van der Waals surface area contributed by atoms with E-state index in [1.807, 2.05) is 15.7 Å². The third kappa shape index (κ3) is 6.27. The van der Waals surface area contributed by atoms with E-state index < -0.39 is 17.6 Å². The SMILES string of the molecule is CC(C)(C)c1cn(C[C@H]2CCCO2)/c(=N/C(=O)c2cc(C(F)(F)F)ccc2CN2CCC[C@H]2CO)s1. The molecule has 3 heterocycles. The normalized spacial score (nSPS) is 22.0. The molecule has 2 atom stereocenters. The van der Waals surface area contributed by atoms with Crippen LogP contribution < -0.4 is 4.80 Å². The smallest absolute Gasteiger partial charge is 0.395 e. The van der Waals surface area contributed by atoms with Crippen molar-refractivity contribution in [3.8, 4) is 0 Å². The summed E-state index contributed by atoms with van der Waals surface area (Å²) >= 11 is 1.38. The molecule has 2 aliphatic heterocycles. The van der Waals surface area contributed by atoms with Crippen LogP contribution in [0.15, 0.2) is 29.4 Å². The van der Waals surface area contributed by atoms with Crippen LogP contribution in [0.25, 0.3) is 0 Å². The van der Waals surface area contributed by atoms with E-state index >= 15 is 0 Å². The average molecular weight is 526 g/mol. The minimum absolute atomic E-state index is 0.0242. The highest BCUT2D eigenvalue weighted by atomic mass is 32.1. The fourth-order valence-corrected chi connectivity index (χ4v) is 5.77. The Hall–Kier alpha value is -2.01. The minimum Gasteiger partial charge on any atom is -0.395 e. The zero-order chi connectivity index (χ0) is 26.1. The number of halogens is 3. The van der Waals surface area contributed by atoms with Crippen LogP contribution in [0.4, 0.5) is 13.2 Å². The molecule has 10 heteroatoms. The number of carbonyl (C=O) groups excluding carboxylic acids is 1. The molecule has 0 spiro atoms. The van der Waals surface area contributed by atoms with Gasteiger partial charge in [0.1, 0.15) is 0 Å². The van der Waals surface area contributed by atoms with Gasteiger partial charge >= 0.3 is 6.18 Å². The Labute approximate surface area is 213 Å². The van der Waals surface area contributed by atoms with Gasteiger partial charge in [-0.15, -0.1) is 11.3 Å². The maximum Gasteiger partial charge on any atom is 0.416 e. The van der Waals surface area contributed by atoms with Crippen LogP contribution in [0, 0.1) is 0 Å². The first-order valence-electron chi connectivity index (χ1n) is 12.4. The summed E-state index contributed by atoms with van der Waals surface area (Å²) in [6, 6.07) is 3.23. The Morgan fingerprint density at radius 2 is 2.00 bits per heavy atom. The molecular formula is C26H34F3N3O3S. The Kier molecular flexibility index (Phi) is 8.09. The summed E-state index contributed by atoms with van der Waals surface area (Å²) in [7, 11) is 0. The fraction of sp³-hybridized carbons (Fsp3) is 0.615. The molecule has 2 fully saturated rings. The third-order valence-electron chi connectivity index (χ3n) is 6.83. The summed E-state index contributed by atoms with van der Waals surface area (Å²) in [6.07, 6.45) is 1.04. The highest BCUT2D eigenvalue weighted by Crippen LogP contribution is 2.32. The van der Waals surface area contributed by atoms with Gasteiger partial charge in [0.25, 0.3) is 5.91 Å². The van der Waals surface area contributed by atoms with E-state index in [1.165, 1.54) is 17.4 Å². The van der Waals surface area contributed by atoms with Crippen molar-refractivity contribution in [1.29, 1.82) is 0 Å². The molecule has 198 valence electrons. The molecule has 1 aromatic carbocycles. The molecule has 1 aromatic heterocycles. The Balaban J connectivity index is 1.74. The molecule has 2 aromatic rings. The van der Waals surface area contributed by atoms with Gasteiger partial charge in [-0.1, -0.05) is 26.8 Å². The summed E-state index contributed by atoms with van der Waals surface area (Å²) in [6.45, 7) is 8.43. The van der Waals surface area contributed by atoms with Gasteiger partial charge in [-0.2, -0.15) is 18.2 Å². The summed E-state index contributed by atoms with van der Waals surface area (Å²) in [4.78, 5) is 21.3. The molecule has 2 aliphatic rings. The van der Waals surface area contributed by atoms with Crippen LogP contribution in [0.2, 0.25) is 0 Å². The lowest BCUT2D eigenvalue weighted by Crippen LogP contribution is -2.32. The Bertz CT molecular complexity index is 1140. The van der Waals surface area contributed by atoms with Gasteiger partial charge in [0.15, 0.2) is 4.80 Å². The molecule has 4 rings (SSSR count). The van der Waals surface area contributed by atoms with E-state index in [0.29, 0.717) is 23.5 Å². The molecule has 1 amide bonds. The van der Waals surface area contributed by atoms with Gasteiger partial charge < -0.3 is 14.4 Å². The van der Waals surface area contributed by atoms with E-state index in [1.54, 1.807) is 0 Å². The second-order valence-electron chi connectivity index (χ2n) is 10.7. The highest BCUT2D eigenvalue weighted by Gasteiger charge is 2.33. The quantitative estimate of drug-likeness (QED) is 0.592. The largest absolute Gasteiger partial charge is 0.416 e. The number of likely N-dealkylation sites (tertiary alicyclic amines) is 1. The fourth-order valence-electron chi connectivity index (χ4n) is 4.72. The topological polar surface area (TPSA) is 67.1 Å². The standard InChI is InChI=1S/C26H34F3N3O3S/c1-25(2,3)22-15-32(14-20-7-5-11-35-20)24(36-22)30-23(34)21-12-18(26(27,28)29)9-8-17(21)13-31-10-4-6-19(31)16-33/h8-9,12,15,19-20,33H,4-7,10-11,13-14,16H2,1-3H3/b30-24-/t19-,20+/m0/s1. The highest BCUT2D eigenvalue weighted by molar-refractivity contribution is 7.09. The first-order chi connectivity index (χ1) is 17.0. The van der Waals surface area contributed by atoms with Gasteiger partial charge in [0, 0.05) is 35.8 Å². The van der Waals surface area contributed by atoms with Gasteiger partial charge in [-0.05, 0) is 55.3 Å². The molecule has 0 radical (unpaired) electrons. The van der Waals surface area contributed by atoms with E-state index in [4.69, 9.17) is 4.74 Å². The number of carbonyl (C=O) groups is 1. The van der Waals surface area contributed by atoms with Gasteiger partial charge in [-0.25, -0.2) is 0 Å². The van der Waals surface area contributed by atoms with Gasteiger partial charge in [-0.3, -0.25) is 9.69 Å². The summed E-state index contributed by atoms with van der Waals surface area (Å²) in [5.41, 5.74) is -0.618. The summed E-state index contributed by atoms with van der Waals surface area (Å²) in [5, 5.41) is 9.67. The van der Waals surface area contributed by atoms with Crippen molar-refractivity contribution in [3.63, 3.8) is 0 Å². The molecule has 1 N–H and O–H groups in total. The molecule has 36 heavy (non-hydrogen) atoms. The maximum atomic E-state index is 13.5. The Morgan fingerprint density at radius 3 is 2.64 bits per heavy atom. The second-order valence-corrected chi connectivity index (χ2v) is 11.7. The number of aromatic nitrogens is 1. The summed E-state index contributed by atoms with van der Waals surface area (Å²) < 4.78 is 48.3. The van der Waals surface area contributed by atoms with Crippen LogP contribution in [0.1, 0.15) is 72.8 Å². The van der Waals surface area contributed by atoms with Crippen molar-refractivity contribution in [2.45, 2.75) is 83.3 Å². The number of hydrogen-bond acceptors (Lipinski definition) is 5. The number of alkyl halides is 3. The average Bonchev–Trinajstić information content (AvgIpc) is 3.55. The number of amides is 1. The van der Waals surface area contributed by atoms with E-state index in [0.717, 1.165) is 49.2 Å². The van der Waals surface area contributed by atoms with Crippen LogP contribution >= 0.6 is 11.3 Å². The van der Waals surface area contributed by atoms with Crippen molar-refractivity contribution < 1.29 is 27.8 Å². The van der Waals surface area contributed by atoms with Crippen molar-refractivity contribution in [2.75, 3.05) is 19.8 Å². The number of aliphatic hydroxyl groups excluding tert-OH is 1. The number of rotatable bonds is 6. The van der Waals surface area contributed by atoms with Crippen molar-refractivity contribution in [3.05, 3.63) is 50.8 Å². The predicted octanol–water partition coefficient (Wildman–Crippen LogP) is 4.74. The van der Waals surface area contributed by atoms with Crippen LogP contribution in [0.3, 0.4) is 0 Å². The lowest BCUT2D eigenvalue weighted by molar-refractivity contribution is -0.137.